The molecule has 1 aromatic rings. The zero-order valence-electron chi connectivity index (χ0n) is 12.8. The van der Waals surface area contributed by atoms with Crippen LogP contribution in [0.15, 0.2) is 30.3 Å². The quantitative estimate of drug-likeness (QED) is 0.773. The van der Waals surface area contributed by atoms with E-state index in [9.17, 15) is 4.79 Å². The van der Waals surface area contributed by atoms with Crippen LogP contribution in [0.3, 0.4) is 0 Å². The van der Waals surface area contributed by atoms with Crippen molar-refractivity contribution in [1.29, 1.82) is 0 Å². The normalized spacial score (nSPS) is 26.6. The van der Waals surface area contributed by atoms with Crippen LogP contribution < -0.4 is 0 Å². The molecule has 2 atom stereocenters. The molecule has 0 radical (unpaired) electrons. The Morgan fingerprint density at radius 3 is 2.65 bits per heavy atom. The minimum atomic E-state index is -0.473. The van der Waals surface area contributed by atoms with Crippen molar-refractivity contribution in [1.82, 2.24) is 4.90 Å². The molecular formula is C17H25NO2. The lowest BCUT2D eigenvalue weighted by Crippen LogP contribution is -2.40. The molecule has 0 amide bonds. The molecule has 2 unspecified atom stereocenters. The number of hydrogen-bond acceptors (Lipinski definition) is 3. The molecule has 0 spiro atoms. The number of likely N-dealkylation sites (tertiary alicyclic amines) is 1. The smallest absolute Gasteiger partial charge is 0.306 e. The van der Waals surface area contributed by atoms with E-state index in [2.05, 4.69) is 31.0 Å². The Kier molecular flexibility index (Phi) is 4.81. The first kappa shape index (κ1) is 15.0. The van der Waals surface area contributed by atoms with Crippen molar-refractivity contribution in [3.8, 4) is 0 Å². The van der Waals surface area contributed by atoms with Crippen molar-refractivity contribution >= 4 is 5.97 Å². The average Bonchev–Trinajstić information content (AvgIpc) is 2.77. The molecule has 0 aromatic heterocycles. The van der Waals surface area contributed by atoms with E-state index in [1.807, 2.05) is 25.1 Å². The van der Waals surface area contributed by atoms with E-state index in [0.717, 1.165) is 31.5 Å². The minimum Gasteiger partial charge on any atom is -0.452 e. The predicted octanol–water partition coefficient (Wildman–Crippen LogP) is 3.20. The van der Waals surface area contributed by atoms with Gasteiger partial charge in [-0.2, -0.15) is 0 Å². The van der Waals surface area contributed by atoms with Gasteiger partial charge in [0.15, 0.2) is 5.60 Å². The van der Waals surface area contributed by atoms with E-state index < -0.39 is 5.60 Å². The van der Waals surface area contributed by atoms with Crippen LogP contribution in [0, 0.1) is 5.92 Å². The summed E-state index contributed by atoms with van der Waals surface area (Å²) in [4.78, 5) is 14.2. The number of carbonyl (C=O) groups is 1. The van der Waals surface area contributed by atoms with Crippen LogP contribution in [-0.4, -0.2) is 31.0 Å². The number of benzene rings is 1. The van der Waals surface area contributed by atoms with Gasteiger partial charge in [-0.3, -0.25) is 4.79 Å². The van der Waals surface area contributed by atoms with Crippen molar-refractivity contribution in [3.63, 3.8) is 0 Å². The zero-order valence-corrected chi connectivity index (χ0v) is 12.8. The molecule has 0 bridgehead atoms. The van der Waals surface area contributed by atoms with Crippen molar-refractivity contribution in [2.45, 2.75) is 38.7 Å². The molecule has 1 aliphatic rings. The number of rotatable bonds is 5. The van der Waals surface area contributed by atoms with Crippen LogP contribution >= 0.6 is 0 Å². The molecule has 0 saturated carbocycles. The molecular weight excluding hydrogens is 250 g/mol. The number of ether oxygens (including phenoxy) is 1. The van der Waals surface area contributed by atoms with Gasteiger partial charge in [0.05, 0.1) is 0 Å². The standard InChI is InChI=1S/C17H25NO2/c1-4-9-15-12-18(3)13-17(15,20-16(19)5-2)14-10-7-6-8-11-14/h6-8,10-11,15H,4-5,9,12-13H2,1-3H3. The van der Waals surface area contributed by atoms with Gasteiger partial charge >= 0.3 is 5.97 Å². The van der Waals surface area contributed by atoms with Crippen molar-refractivity contribution < 1.29 is 9.53 Å². The van der Waals surface area contributed by atoms with Gasteiger partial charge in [0, 0.05) is 25.4 Å². The monoisotopic (exact) mass is 275 g/mol. The Morgan fingerprint density at radius 2 is 2.05 bits per heavy atom. The van der Waals surface area contributed by atoms with Gasteiger partial charge < -0.3 is 9.64 Å². The molecule has 1 heterocycles. The summed E-state index contributed by atoms with van der Waals surface area (Å²) in [7, 11) is 2.10. The van der Waals surface area contributed by atoms with Gasteiger partial charge in [-0.25, -0.2) is 0 Å². The third-order valence-electron chi connectivity index (χ3n) is 4.18. The Balaban J connectivity index is 2.40. The van der Waals surface area contributed by atoms with Crippen LogP contribution in [0.2, 0.25) is 0 Å². The van der Waals surface area contributed by atoms with E-state index in [0.29, 0.717) is 12.3 Å². The van der Waals surface area contributed by atoms with E-state index in [4.69, 9.17) is 4.74 Å². The Bertz CT molecular complexity index is 446. The maximum atomic E-state index is 12.0. The van der Waals surface area contributed by atoms with Crippen LogP contribution in [-0.2, 0) is 15.1 Å². The van der Waals surface area contributed by atoms with Gasteiger partial charge in [0.1, 0.15) is 0 Å². The molecule has 20 heavy (non-hydrogen) atoms. The van der Waals surface area contributed by atoms with Crippen LogP contribution in [0.25, 0.3) is 0 Å². The van der Waals surface area contributed by atoms with Crippen LogP contribution in [0.1, 0.15) is 38.7 Å². The Morgan fingerprint density at radius 1 is 1.35 bits per heavy atom. The number of carbonyl (C=O) groups excluding carboxylic acids is 1. The van der Waals surface area contributed by atoms with Gasteiger partial charge in [0.2, 0.25) is 0 Å². The highest BCUT2D eigenvalue weighted by atomic mass is 16.6. The first-order chi connectivity index (χ1) is 9.62. The lowest BCUT2D eigenvalue weighted by atomic mass is 9.81. The molecule has 1 saturated heterocycles. The third-order valence-corrected chi connectivity index (χ3v) is 4.18. The SMILES string of the molecule is CCCC1CN(C)CC1(OC(=O)CC)c1ccccc1. The van der Waals surface area contributed by atoms with Crippen LogP contribution in [0.5, 0.6) is 0 Å². The second-order valence-electron chi connectivity index (χ2n) is 5.77. The van der Waals surface area contributed by atoms with E-state index in [1.54, 1.807) is 0 Å². The Hall–Kier alpha value is -1.35. The van der Waals surface area contributed by atoms with Gasteiger partial charge in [0.25, 0.3) is 0 Å². The molecule has 3 nitrogen and oxygen atoms in total. The highest BCUT2D eigenvalue weighted by Gasteiger charge is 2.49. The second-order valence-corrected chi connectivity index (χ2v) is 5.77. The topological polar surface area (TPSA) is 29.5 Å². The van der Waals surface area contributed by atoms with E-state index >= 15 is 0 Å². The summed E-state index contributed by atoms with van der Waals surface area (Å²) in [5, 5.41) is 0. The summed E-state index contributed by atoms with van der Waals surface area (Å²) >= 11 is 0. The molecule has 1 fully saturated rings. The van der Waals surface area contributed by atoms with E-state index in [-0.39, 0.29) is 5.97 Å². The molecule has 1 aliphatic heterocycles. The lowest BCUT2D eigenvalue weighted by molar-refractivity contribution is -0.164. The minimum absolute atomic E-state index is 0.106. The zero-order chi connectivity index (χ0) is 14.6. The van der Waals surface area contributed by atoms with E-state index in [1.165, 1.54) is 0 Å². The summed E-state index contributed by atoms with van der Waals surface area (Å²) in [5.74, 6) is 0.264. The maximum absolute atomic E-state index is 12.0. The van der Waals surface area contributed by atoms with Crippen molar-refractivity contribution in [2.24, 2.45) is 5.92 Å². The third kappa shape index (κ3) is 2.88. The number of hydrogen-bond donors (Lipinski definition) is 0. The molecule has 3 heteroatoms. The highest BCUT2D eigenvalue weighted by Crippen LogP contribution is 2.42. The van der Waals surface area contributed by atoms with Gasteiger partial charge in [-0.05, 0) is 19.0 Å². The molecule has 0 aliphatic carbocycles. The van der Waals surface area contributed by atoms with Crippen molar-refractivity contribution in [3.05, 3.63) is 35.9 Å². The van der Waals surface area contributed by atoms with Gasteiger partial charge in [-0.1, -0.05) is 50.6 Å². The van der Waals surface area contributed by atoms with Crippen molar-refractivity contribution in [2.75, 3.05) is 20.1 Å². The second kappa shape index (κ2) is 6.40. The fraction of sp³-hybridized carbons (Fsp3) is 0.588. The first-order valence-corrected chi connectivity index (χ1v) is 7.58. The number of nitrogens with zero attached hydrogens (tertiary/aromatic N) is 1. The fourth-order valence-corrected chi connectivity index (χ4v) is 3.29. The maximum Gasteiger partial charge on any atom is 0.306 e. The lowest BCUT2D eigenvalue weighted by Gasteiger charge is -2.35. The van der Waals surface area contributed by atoms with Crippen LogP contribution in [0.4, 0.5) is 0 Å². The Labute approximate surface area is 121 Å². The molecule has 110 valence electrons. The summed E-state index contributed by atoms with van der Waals surface area (Å²) in [5.41, 5.74) is 0.656. The van der Waals surface area contributed by atoms with Gasteiger partial charge in [-0.15, -0.1) is 0 Å². The predicted molar refractivity (Wildman–Crippen MR) is 80.4 cm³/mol. The average molecular weight is 275 g/mol. The first-order valence-electron chi connectivity index (χ1n) is 7.58. The highest BCUT2D eigenvalue weighted by molar-refractivity contribution is 5.70. The number of likely N-dealkylation sites (N-methyl/N-ethyl adjacent to an activating group) is 1. The summed E-state index contributed by atoms with van der Waals surface area (Å²) in [6.07, 6.45) is 2.62. The molecule has 1 aromatic carbocycles. The molecule has 0 N–H and O–H groups in total. The summed E-state index contributed by atoms with van der Waals surface area (Å²) in [6, 6.07) is 10.2. The largest absolute Gasteiger partial charge is 0.452 e. The summed E-state index contributed by atoms with van der Waals surface area (Å²) in [6.45, 7) is 5.82. The number of esters is 1. The fourth-order valence-electron chi connectivity index (χ4n) is 3.29. The molecule has 2 rings (SSSR count). The summed E-state index contributed by atoms with van der Waals surface area (Å²) < 4.78 is 5.99.